The molecule has 2 amide bonds. The highest BCUT2D eigenvalue weighted by Gasteiger charge is 2.13. The van der Waals surface area contributed by atoms with Crippen molar-refractivity contribution in [1.29, 1.82) is 0 Å². The predicted molar refractivity (Wildman–Crippen MR) is 89.8 cm³/mol. The van der Waals surface area contributed by atoms with Crippen molar-refractivity contribution in [2.24, 2.45) is 5.10 Å². The van der Waals surface area contributed by atoms with E-state index in [0.29, 0.717) is 17.1 Å². The number of nitrogens with zero attached hydrogens (tertiary/aromatic N) is 2. The van der Waals surface area contributed by atoms with Crippen LogP contribution in [0.1, 0.15) is 19.6 Å². The van der Waals surface area contributed by atoms with Crippen LogP contribution in [0.4, 0.5) is 5.69 Å². The average Bonchev–Trinajstić information content (AvgIpc) is 3.03. The molecule has 0 fully saturated rings. The quantitative estimate of drug-likeness (QED) is 0.370. The summed E-state index contributed by atoms with van der Waals surface area (Å²) in [5.41, 5.74) is 2.57. The molecule has 9 nitrogen and oxygen atoms in total. The van der Waals surface area contributed by atoms with Gasteiger partial charge in [-0.25, -0.2) is 5.43 Å². The van der Waals surface area contributed by atoms with E-state index in [9.17, 15) is 19.7 Å². The lowest BCUT2D eigenvalue weighted by Crippen LogP contribution is -2.41. The fourth-order valence-electron chi connectivity index (χ4n) is 1.88. The molecule has 0 spiro atoms. The number of rotatable bonds is 5. The molecule has 130 valence electrons. The Morgan fingerprint density at radius 2 is 2.00 bits per heavy atom. The summed E-state index contributed by atoms with van der Waals surface area (Å²) >= 11 is 0. The van der Waals surface area contributed by atoms with E-state index >= 15 is 0 Å². The number of amides is 2. The lowest BCUT2D eigenvalue weighted by Gasteiger charge is -2.05. The van der Waals surface area contributed by atoms with Crippen molar-refractivity contribution in [3.05, 3.63) is 52.3 Å². The second kappa shape index (κ2) is 7.86. The van der Waals surface area contributed by atoms with Crippen LogP contribution in [0.15, 0.2) is 45.9 Å². The van der Waals surface area contributed by atoms with Crippen LogP contribution in [-0.4, -0.2) is 29.0 Å². The maximum Gasteiger partial charge on any atom is 0.329 e. The molecule has 9 heteroatoms. The van der Waals surface area contributed by atoms with E-state index < -0.39 is 16.7 Å². The summed E-state index contributed by atoms with van der Waals surface area (Å²) in [6.45, 7) is 3.46. The highest BCUT2D eigenvalue weighted by atomic mass is 16.6. The monoisotopic (exact) mass is 344 g/mol. The maximum atomic E-state index is 11.5. The Hall–Kier alpha value is -3.49. The second-order valence-corrected chi connectivity index (χ2v) is 5.34. The highest BCUT2D eigenvalue weighted by Crippen LogP contribution is 2.25. The van der Waals surface area contributed by atoms with Gasteiger partial charge >= 0.3 is 11.8 Å². The Kier molecular flexibility index (Phi) is 5.62. The van der Waals surface area contributed by atoms with Gasteiger partial charge in [0.05, 0.1) is 11.1 Å². The van der Waals surface area contributed by atoms with Crippen molar-refractivity contribution < 1.29 is 18.9 Å². The van der Waals surface area contributed by atoms with E-state index in [1.807, 2.05) is 0 Å². The number of hydrogen-bond acceptors (Lipinski definition) is 6. The Morgan fingerprint density at radius 1 is 1.24 bits per heavy atom. The van der Waals surface area contributed by atoms with E-state index in [4.69, 9.17) is 4.42 Å². The minimum Gasteiger partial charge on any atom is -0.455 e. The van der Waals surface area contributed by atoms with Crippen molar-refractivity contribution in [3.8, 4) is 11.3 Å². The number of nitro benzene ring substituents is 1. The zero-order valence-corrected chi connectivity index (χ0v) is 13.6. The molecule has 0 aliphatic rings. The summed E-state index contributed by atoms with van der Waals surface area (Å²) in [6.07, 6.45) is 1.22. The topological polar surface area (TPSA) is 127 Å². The minimum atomic E-state index is -0.893. The van der Waals surface area contributed by atoms with Crippen molar-refractivity contribution in [2.75, 3.05) is 0 Å². The number of carbonyl (C=O) groups excluding carboxylic acids is 2. The smallest absolute Gasteiger partial charge is 0.329 e. The zero-order valence-electron chi connectivity index (χ0n) is 13.6. The number of nitro groups is 1. The molecular formula is C16H16N4O5. The van der Waals surface area contributed by atoms with Crippen LogP contribution in [0.5, 0.6) is 0 Å². The first-order valence-corrected chi connectivity index (χ1v) is 7.35. The molecule has 1 heterocycles. The third-order valence-corrected chi connectivity index (χ3v) is 2.95. The van der Waals surface area contributed by atoms with Gasteiger partial charge in [0.25, 0.3) is 5.69 Å². The summed E-state index contributed by atoms with van der Waals surface area (Å²) in [6, 6.07) is 9.03. The molecule has 0 atom stereocenters. The number of benzene rings is 1. The van der Waals surface area contributed by atoms with E-state index in [1.54, 1.807) is 38.1 Å². The molecule has 2 N–H and O–H groups in total. The van der Waals surface area contributed by atoms with Gasteiger partial charge in [0.15, 0.2) is 0 Å². The molecule has 0 saturated carbocycles. The largest absolute Gasteiger partial charge is 0.455 e. The SMILES string of the molecule is CC(C)NC(=O)C(=O)N/N=C\c1ccc(-c2cccc([N+](=O)[O-])c2)o1. The normalized spacial score (nSPS) is 10.8. The number of hydrazone groups is 1. The van der Waals surface area contributed by atoms with Crippen molar-refractivity contribution in [1.82, 2.24) is 10.7 Å². The molecule has 0 aliphatic carbocycles. The standard InChI is InChI=1S/C16H16N4O5/c1-10(2)18-15(21)16(22)19-17-9-13-6-7-14(25-13)11-4-3-5-12(8-11)20(23)24/h3-10H,1-2H3,(H,18,21)(H,19,22)/b17-9-. The zero-order chi connectivity index (χ0) is 18.4. The molecule has 0 saturated heterocycles. The third-order valence-electron chi connectivity index (χ3n) is 2.95. The van der Waals surface area contributed by atoms with Gasteiger partial charge in [0, 0.05) is 23.7 Å². The molecular weight excluding hydrogens is 328 g/mol. The van der Waals surface area contributed by atoms with E-state index in [-0.39, 0.29) is 11.7 Å². The van der Waals surface area contributed by atoms with Gasteiger partial charge in [-0.05, 0) is 26.0 Å². The number of furan rings is 1. The highest BCUT2D eigenvalue weighted by molar-refractivity contribution is 6.35. The van der Waals surface area contributed by atoms with Crippen LogP contribution in [-0.2, 0) is 9.59 Å². The van der Waals surface area contributed by atoms with Crippen LogP contribution >= 0.6 is 0 Å². The van der Waals surface area contributed by atoms with Crippen LogP contribution < -0.4 is 10.7 Å². The van der Waals surface area contributed by atoms with Crippen molar-refractivity contribution in [3.63, 3.8) is 0 Å². The molecule has 1 aromatic heterocycles. The van der Waals surface area contributed by atoms with Crippen LogP contribution in [0.3, 0.4) is 0 Å². The Labute approximate surface area is 142 Å². The van der Waals surface area contributed by atoms with Gasteiger partial charge in [0.2, 0.25) is 0 Å². The number of non-ortho nitro benzene ring substituents is 1. The van der Waals surface area contributed by atoms with Gasteiger partial charge in [-0.15, -0.1) is 0 Å². The number of carbonyl (C=O) groups is 2. The molecule has 25 heavy (non-hydrogen) atoms. The lowest BCUT2D eigenvalue weighted by atomic mass is 10.1. The fourth-order valence-corrected chi connectivity index (χ4v) is 1.88. The summed E-state index contributed by atoms with van der Waals surface area (Å²) in [4.78, 5) is 33.2. The summed E-state index contributed by atoms with van der Waals surface area (Å²) in [5, 5.41) is 16.9. The molecule has 2 rings (SSSR count). The molecule has 0 unspecified atom stereocenters. The van der Waals surface area contributed by atoms with E-state index in [2.05, 4.69) is 15.8 Å². The van der Waals surface area contributed by atoms with Gasteiger partial charge in [-0.3, -0.25) is 19.7 Å². The van der Waals surface area contributed by atoms with Crippen LogP contribution in [0, 0.1) is 10.1 Å². The van der Waals surface area contributed by atoms with Crippen molar-refractivity contribution >= 4 is 23.7 Å². The molecule has 0 aliphatic heterocycles. The number of nitrogens with one attached hydrogen (secondary N) is 2. The maximum absolute atomic E-state index is 11.5. The molecule has 1 aromatic carbocycles. The molecule has 0 radical (unpaired) electrons. The molecule has 2 aromatic rings. The molecule has 0 bridgehead atoms. The van der Waals surface area contributed by atoms with Gasteiger partial charge < -0.3 is 9.73 Å². The first kappa shape index (κ1) is 17.9. The first-order chi connectivity index (χ1) is 11.9. The van der Waals surface area contributed by atoms with Gasteiger partial charge in [-0.2, -0.15) is 5.10 Å². The number of hydrogen-bond donors (Lipinski definition) is 2. The summed E-state index contributed by atoms with van der Waals surface area (Å²) in [7, 11) is 0. The fraction of sp³-hybridized carbons (Fsp3) is 0.188. The summed E-state index contributed by atoms with van der Waals surface area (Å²) in [5.74, 6) is -0.959. The second-order valence-electron chi connectivity index (χ2n) is 5.34. The average molecular weight is 344 g/mol. The first-order valence-electron chi connectivity index (χ1n) is 7.35. The lowest BCUT2D eigenvalue weighted by molar-refractivity contribution is -0.384. The van der Waals surface area contributed by atoms with Crippen LogP contribution in [0.25, 0.3) is 11.3 Å². The third kappa shape index (κ3) is 4.99. The predicted octanol–water partition coefficient (Wildman–Crippen LogP) is 1.83. The Balaban J connectivity index is 2.02. The minimum absolute atomic E-state index is 0.0486. The van der Waals surface area contributed by atoms with Crippen LogP contribution in [0.2, 0.25) is 0 Å². The Bertz CT molecular complexity index is 825. The van der Waals surface area contributed by atoms with Crippen molar-refractivity contribution in [2.45, 2.75) is 19.9 Å². The van der Waals surface area contributed by atoms with E-state index in [0.717, 1.165) is 0 Å². The van der Waals surface area contributed by atoms with Gasteiger partial charge in [0.1, 0.15) is 11.5 Å². The van der Waals surface area contributed by atoms with E-state index in [1.165, 1.54) is 18.3 Å². The Morgan fingerprint density at radius 3 is 2.68 bits per heavy atom. The van der Waals surface area contributed by atoms with Gasteiger partial charge in [-0.1, -0.05) is 12.1 Å². The summed E-state index contributed by atoms with van der Waals surface area (Å²) < 4.78 is 5.49.